The van der Waals surface area contributed by atoms with E-state index in [1.54, 1.807) is 11.1 Å². The molecule has 2 rings (SSSR count). The number of fused-ring (bicyclic) bond motifs is 1. The third-order valence-corrected chi connectivity index (χ3v) is 2.85. The Labute approximate surface area is 86.5 Å². The van der Waals surface area contributed by atoms with Crippen LogP contribution in [0.5, 0.6) is 0 Å². The molecule has 0 atom stereocenters. The highest BCUT2D eigenvalue weighted by Crippen LogP contribution is 2.28. The van der Waals surface area contributed by atoms with E-state index < -0.39 is 0 Å². The second-order valence-electron chi connectivity index (χ2n) is 4.57. The Balaban J connectivity index is 2.14. The maximum atomic E-state index is 3.54. The van der Waals surface area contributed by atoms with Crippen LogP contribution in [0.2, 0.25) is 0 Å². The van der Waals surface area contributed by atoms with Crippen LogP contribution >= 0.6 is 0 Å². The quantitative estimate of drug-likeness (QED) is 0.769. The van der Waals surface area contributed by atoms with Crippen molar-refractivity contribution in [2.45, 2.75) is 33.1 Å². The third kappa shape index (κ3) is 1.92. The number of rotatable bonds is 3. The molecule has 76 valence electrons. The van der Waals surface area contributed by atoms with E-state index in [4.69, 9.17) is 0 Å². The van der Waals surface area contributed by atoms with E-state index >= 15 is 0 Å². The maximum absolute atomic E-state index is 3.54. The first-order chi connectivity index (χ1) is 6.77. The molecular formula is C13H19N. The fourth-order valence-electron chi connectivity index (χ4n) is 2.10. The molecule has 0 amide bonds. The summed E-state index contributed by atoms with van der Waals surface area (Å²) in [7, 11) is 0. The van der Waals surface area contributed by atoms with Gasteiger partial charge in [-0.25, -0.2) is 0 Å². The molecule has 0 heterocycles. The van der Waals surface area contributed by atoms with Crippen molar-refractivity contribution < 1.29 is 0 Å². The van der Waals surface area contributed by atoms with E-state index in [0.717, 1.165) is 6.54 Å². The molecule has 1 aliphatic carbocycles. The number of aryl methyl sites for hydroxylation is 1. The summed E-state index contributed by atoms with van der Waals surface area (Å²) in [6.45, 7) is 5.57. The van der Waals surface area contributed by atoms with Crippen LogP contribution in [-0.4, -0.2) is 6.54 Å². The first kappa shape index (κ1) is 9.57. The second-order valence-corrected chi connectivity index (χ2v) is 4.57. The molecule has 0 bridgehead atoms. The van der Waals surface area contributed by atoms with Crippen molar-refractivity contribution in [1.29, 1.82) is 0 Å². The highest BCUT2D eigenvalue weighted by atomic mass is 14.9. The Morgan fingerprint density at radius 1 is 1.29 bits per heavy atom. The van der Waals surface area contributed by atoms with Crippen LogP contribution < -0.4 is 5.32 Å². The number of hydrogen-bond donors (Lipinski definition) is 1. The molecule has 0 aromatic heterocycles. The molecule has 1 N–H and O–H groups in total. The molecule has 0 saturated heterocycles. The predicted octanol–water partition coefficient (Wildman–Crippen LogP) is 3.24. The van der Waals surface area contributed by atoms with E-state index in [9.17, 15) is 0 Å². The molecule has 0 radical (unpaired) electrons. The maximum Gasteiger partial charge on any atom is 0.0375 e. The number of nitrogens with one attached hydrogen (secondary N) is 1. The van der Waals surface area contributed by atoms with Gasteiger partial charge >= 0.3 is 0 Å². The van der Waals surface area contributed by atoms with Crippen LogP contribution in [0, 0.1) is 5.92 Å². The summed E-state index contributed by atoms with van der Waals surface area (Å²) in [5.74, 6) is 0.715. The molecule has 0 aliphatic heterocycles. The monoisotopic (exact) mass is 189 g/mol. The molecule has 1 aliphatic rings. The fraction of sp³-hybridized carbons (Fsp3) is 0.538. The highest BCUT2D eigenvalue weighted by Gasteiger charge is 2.13. The molecule has 0 unspecified atom stereocenters. The first-order valence-electron chi connectivity index (χ1n) is 5.62. The van der Waals surface area contributed by atoms with Crippen LogP contribution in [0.4, 0.5) is 5.69 Å². The lowest BCUT2D eigenvalue weighted by Gasteiger charge is -2.12. The Kier molecular flexibility index (Phi) is 2.76. The molecule has 0 saturated carbocycles. The number of benzene rings is 1. The van der Waals surface area contributed by atoms with Gasteiger partial charge in [-0.1, -0.05) is 26.0 Å². The average molecular weight is 189 g/mol. The van der Waals surface area contributed by atoms with Crippen LogP contribution in [0.15, 0.2) is 18.2 Å². The van der Waals surface area contributed by atoms with Gasteiger partial charge in [-0.3, -0.25) is 0 Å². The van der Waals surface area contributed by atoms with Crippen LogP contribution in [0.25, 0.3) is 0 Å². The van der Waals surface area contributed by atoms with Gasteiger partial charge in [-0.2, -0.15) is 0 Å². The van der Waals surface area contributed by atoms with Gasteiger partial charge in [0.2, 0.25) is 0 Å². The van der Waals surface area contributed by atoms with Crippen molar-refractivity contribution in [2.24, 2.45) is 5.92 Å². The molecule has 1 nitrogen and oxygen atoms in total. The SMILES string of the molecule is CC(C)CNc1cccc2c1CCC2. The van der Waals surface area contributed by atoms with Crippen molar-refractivity contribution in [1.82, 2.24) is 0 Å². The minimum Gasteiger partial charge on any atom is -0.385 e. The molecule has 1 aromatic carbocycles. The Morgan fingerprint density at radius 3 is 2.93 bits per heavy atom. The van der Waals surface area contributed by atoms with E-state index in [2.05, 4.69) is 37.4 Å². The van der Waals surface area contributed by atoms with E-state index in [1.807, 2.05) is 0 Å². The van der Waals surface area contributed by atoms with Crippen molar-refractivity contribution in [2.75, 3.05) is 11.9 Å². The molecule has 0 fully saturated rings. The van der Waals surface area contributed by atoms with E-state index in [-0.39, 0.29) is 0 Å². The lowest BCUT2D eigenvalue weighted by Crippen LogP contribution is -2.09. The average Bonchev–Trinajstić information content (AvgIpc) is 2.62. The van der Waals surface area contributed by atoms with Crippen LogP contribution in [0.1, 0.15) is 31.4 Å². The van der Waals surface area contributed by atoms with Gasteiger partial charge in [0.1, 0.15) is 0 Å². The minimum atomic E-state index is 0.715. The summed E-state index contributed by atoms with van der Waals surface area (Å²) in [4.78, 5) is 0. The predicted molar refractivity (Wildman–Crippen MR) is 61.8 cm³/mol. The largest absolute Gasteiger partial charge is 0.385 e. The summed E-state index contributed by atoms with van der Waals surface area (Å²) in [6.07, 6.45) is 3.86. The van der Waals surface area contributed by atoms with Crippen molar-refractivity contribution >= 4 is 5.69 Å². The standard InChI is InChI=1S/C13H19N/c1-10(2)9-14-13-8-4-6-11-5-3-7-12(11)13/h4,6,8,10,14H,3,5,7,9H2,1-2H3. The van der Waals surface area contributed by atoms with Crippen molar-refractivity contribution in [3.8, 4) is 0 Å². The molecule has 0 spiro atoms. The van der Waals surface area contributed by atoms with Gasteiger partial charge in [-0.05, 0) is 42.4 Å². The lowest BCUT2D eigenvalue weighted by atomic mass is 10.1. The van der Waals surface area contributed by atoms with Gasteiger partial charge in [-0.15, -0.1) is 0 Å². The van der Waals surface area contributed by atoms with E-state index in [1.165, 1.54) is 24.9 Å². The Morgan fingerprint density at radius 2 is 2.14 bits per heavy atom. The number of anilines is 1. The first-order valence-corrected chi connectivity index (χ1v) is 5.62. The summed E-state index contributed by atoms with van der Waals surface area (Å²) >= 11 is 0. The molecule has 14 heavy (non-hydrogen) atoms. The summed E-state index contributed by atoms with van der Waals surface area (Å²) in [6, 6.07) is 6.65. The van der Waals surface area contributed by atoms with Gasteiger partial charge in [0.25, 0.3) is 0 Å². The van der Waals surface area contributed by atoms with Crippen molar-refractivity contribution in [3.05, 3.63) is 29.3 Å². The smallest absolute Gasteiger partial charge is 0.0375 e. The topological polar surface area (TPSA) is 12.0 Å². The minimum absolute atomic E-state index is 0.715. The molecule has 1 heteroatoms. The van der Waals surface area contributed by atoms with E-state index in [0.29, 0.717) is 5.92 Å². The second kappa shape index (κ2) is 4.04. The zero-order valence-electron chi connectivity index (χ0n) is 9.14. The number of hydrogen-bond acceptors (Lipinski definition) is 1. The summed E-state index contributed by atoms with van der Waals surface area (Å²) < 4.78 is 0. The van der Waals surface area contributed by atoms with Crippen molar-refractivity contribution in [3.63, 3.8) is 0 Å². The van der Waals surface area contributed by atoms with Crippen LogP contribution in [0.3, 0.4) is 0 Å². The van der Waals surface area contributed by atoms with Gasteiger partial charge in [0.05, 0.1) is 0 Å². The Bertz CT molecular complexity index is 315. The lowest BCUT2D eigenvalue weighted by molar-refractivity contribution is 0.688. The van der Waals surface area contributed by atoms with Crippen LogP contribution in [-0.2, 0) is 12.8 Å². The molecule has 1 aromatic rings. The van der Waals surface area contributed by atoms with Gasteiger partial charge in [0, 0.05) is 12.2 Å². The highest BCUT2D eigenvalue weighted by molar-refractivity contribution is 5.56. The van der Waals surface area contributed by atoms with Gasteiger partial charge < -0.3 is 5.32 Å². The summed E-state index contributed by atoms with van der Waals surface area (Å²) in [5.41, 5.74) is 4.49. The zero-order chi connectivity index (χ0) is 9.97. The summed E-state index contributed by atoms with van der Waals surface area (Å²) in [5, 5.41) is 3.54. The van der Waals surface area contributed by atoms with Gasteiger partial charge in [0.15, 0.2) is 0 Å². The third-order valence-electron chi connectivity index (χ3n) is 2.85. The normalized spacial score (nSPS) is 14.5. The zero-order valence-corrected chi connectivity index (χ0v) is 9.14. The molecular weight excluding hydrogens is 170 g/mol. The fourth-order valence-corrected chi connectivity index (χ4v) is 2.10. The Hall–Kier alpha value is -0.980.